The van der Waals surface area contributed by atoms with E-state index in [9.17, 15) is 8.78 Å². The Kier molecular flexibility index (Phi) is 4.73. The van der Waals surface area contributed by atoms with Crippen molar-refractivity contribution in [2.45, 2.75) is 19.4 Å². The predicted octanol–water partition coefficient (Wildman–Crippen LogP) is 4.43. The molecule has 0 bridgehead atoms. The molecular weight excluding hydrogens is 280 g/mol. The zero-order chi connectivity index (χ0) is 14.7. The first-order chi connectivity index (χ1) is 9.51. The van der Waals surface area contributed by atoms with Gasteiger partial charge in [0, 0.05) is 16.6 Å². The second-order valence-electron chi connectivity index (χ2n) is 4.79. The van der Waals surface area contributed by atoms with E-state index in [1.54, 1.807) is 26.1 Å². The van der Waals surface area contributed by atoms with Crippen LogP contribution in [0.1, 0.15) is 22.7 Å². The van der Waals surface area contributed by atoms with Crippen LogP contribution in [-0.4, -0.2) is 7.05 Å². The quantitative estimate of drug-likeness (QED) is 0.880. The molecule has 0 amide bonds. The van der Waals surface area contributed by atoms with E-state index in [1.807, 2.05) is 12.1 Å². The normalized spacial score (nSPS) is 12.4. The molecule has 1 atom stereocenters. The highest BCUT2D eigenvalue weighted by atomic mass is 35.5. The van der Waals surface area contributed by atoms with Gasteiger partial charge in [-0.05, 0) is 55.8 Å². The van der Waals surface area contributed by atoms with Crippen LogP contribution in [0.5, 0.6) is 0 Å². The minimum atomic E-state index is -0.391. The third-order valence-corrected chi connectivity index (χ3v) is 3.61. The van der Waals surface area contributed by atoms with Crippen molar-refractivity contribution < 1.29 is 8.78 Å². The first kappa shape index (κ1) is 14.9. The first-order valence-electron chi connectivity index (χ1n) is 6.38. The van der Waals surface area contributed by atoms with E-state index >= 15 is 0 Å². The Labute approximate surface area is 122 Å². The molecule has 1 N–H and O–H groups in total. The molecule has 0 radical (unpaired) electrons. The van der Waals surface area contributed by atoms with E-state index in [1.165, 1.54) is 12.1 Å². The fourth-order valence-corrected chi connectivity index (χ4v) is 2.28. The predicted molar refractivity (Wildman–Crippen MR) is 78.1 cm³/mol. The van der Waals surface area contributed by atoms with Crippen molar-refractivity contribution in [2.24, 2.45) is 0 Å². The molecule has 0 saturated heterocycles. The van der Waals surface area contributed by atoms with Gasteiger partial charge in [0.15, 0.2) is 0 Å². The minimum absolute atomic E-state index is 0.286. The van der Waals surface area contributed by atoms with Crippen LogP contribution >= 0.6 is 11.6 Å². The SMILES string of the molecule is CNC(Cc1ccc(Cl)cc1)c1cc(F)c(C)cc1F. The molecule has 0 aliphatic carbocycles. The summed E-state index contributed by atoms with van der Waals surface area (Å²) in [7, 11) is 1.73. The summed E-state index contributed by atoms with van der Waals surface area (Å²) in [6.07, 6.45) is 0.563. The molecule has 0 saturated carbocycles. The van der Waals surface area contributed by atoms with E-state index in [4.69, 9.17) is 11.6 Å². The van der Waals surface area contributed by atoms with Crippen molar-refractivity contribution in [2.75, 3.05) is 7.05 Å². The van der Waals surface area contributed by atoms with Crippen LogP contribution in [0.15, 0.2) is 36.4 Å². The molecule has 2 aromatic carbocycles. The van der Waals surface area contributed by atoms with Gasteiger partial charge in [0.25, 0.3) is 0 Å². The lowest BCUT2D eigenvalue weighted by Crippen LogP contribution is -2.20. The van der Waals surface area contributed by atoms with Gasteiger partial charge in [-0.25, -0.2) is 8.78 Å². The van der Waals surface area contributed by atoms with Gasteiger partial charge in [-0.1, -0.05) is 23.7 Å². The number of benzene rings is 2. The lowest BCUT2D eigenvalue weighted by molar-refractivity contribution is 0.520. The molecule has 0 aromatic heterocycles. The van der Waals surface area contributed by atoms with E-state index in [0.717, 1.165) is 5.56 Å². The molecule has 1 unspecified atom stereocenters. The molecule has 0 aliphatic heterocycles. The molecule has 1 nitrogen and oxygen atoms in total. The third kappa shape index (κ3) is 3.35. The maximum absolute atomic E-state index is 14.0. The van der Waals surface area contributed by atoms with Crippen molar-refractivity contribution in [3.05, 3.63) is 69.7 Å². The summed E-state index contributed by atoms with van der Waals surface area (Å²) in [6, 6.07) is 9.56. The molecule has 2 rings (SSSR count). The number of hydrogen-bond donors (Lipinski definition) is 1. The molecule has 2 aromatic rings. The molecule has 106 valence electrons. The summed E-state index contributed by atoms with van der Waals surface area (Å²) < 4.78 is 27.6. The Morgan fingerprint density at radius 3 is 2.35 bits per heavy atom. The van der Waals surface area contributed by atoms with E-state index in [2.05, 4.69) is 5.32 Å². The second-order valence-corrected chi connectivity index (χ2v) is 5.23. The lowest BCUT2D eigenvalue weighted by Gasteiger charge is -2.18. The van der Waals surface area contributed by atoms with Gasteiger partial charge in [-0.15, -0.1) is 0 Å². The van der Waals surface area contributed by atoms with Crippen LogP contribution in [0.25, 0.3) is 0 Å². The third-order valence-electron chi connectivity index (χ3n) is 3.35. The summed E-state index contributed by atoms with van der Waals surface area (Å²) in [6.45, 7) is 1.55. The highest BCUT2D eigenvalue weighted by molar-refractivity contribution is 6.30. The molecule has 4 heteroatoms. The van der Waals surface area contributed by atoms with Gasteiger partial charge in [-0.3, -0.25) is 0 Å². The number of hydrogen-bond acceptors (Lipinski definition) is 1. The summed E-state index contributed by atoms with van der Waals surface area (Å²) in [5, 5.41) is 3.68. The number of aryl methyl sites for hydroxylation is 1. The van der Waals surface area contributed by atoms with Crippen molar-refractivity contribution in [3.8, 4) is 0 Å². The molecule has 0 fully saturated rings. The van der Waals surface area contributed by atoms with E-state index < -0.39 is 11.6 Å². The van der Waals surface area contributed by atoms with Crippen molar-refractivity contribution in [1.29, 1.82) is 0 Å². The summed E-state index contributed by atoms with van der Waals surface area (Å²) in [4.78, 5) is 0. The Morgan fingerprint density at radius 1 is 1.10 bits per heavy atom. The largest absolute Gasteiger partial charge is 0.313 e. The van der Waals surface area contributed by atoms with Gasteiger partial charge >= 0.3 is 0 Å². The smallest absolute Gasteiger partial charge is 0.128 e. The van der Waals surface area contributed by atoms with Crippen LogP contribution in [0.2, 0.25) is 5.02 Å². The Balaban J connectivity index is 2.28. The highest BCUT2D eigenvalue weighted by Gasteiger charge is 2.17. The lowest BCUT2D eigenvalue weighted by atomic mass is 9.97. The van der Waals surface area contributed by atoms with Gasteiger partial charge in [0.2, 0.25) is 0 Å². The fraction of sp³-hybridized carbons (Fsp3) is 0.250. The Hall–Kier alpha value is -1.45. The number of nitrogens with one attached hydrogen (secondary N) is 1. The van der Waals surface area contributed by atoms with Crippen LogP contribution in [-0.2, 0) is 6.42 Å². The van der Waals surface area contributed by atoms with Gasteiger partial charge in [0.05, 0.1) is 0 Å². The average Bonchev–Trinajstić information content (AvgIpc) is 2.43. The van der Waals surface area contributed by atoms with Crippen LogP contribution < -0.4 is 5.32 Å². The Bertz CT molecular complexity index is 596. The zero-order valence-electron chi connectivity index (χ0n) is 11.4. The Morgan fingerprint density at radius 2 is 1.75 bits per heavy atom. The maximum atomic E-state index is 14.0. The van der Waals surface area contributed by atoms with Crippen LogP contribution in [0, 0.1) is 18.6 Å². The monoisotopic (exact) mass is 295 g/mol. The summed E-state index contributed by atoms with van der Waals surface area (Å²) in [5.74, 6) is -0.782. The van der Waals surface area contributed by atoms with E-state index in [0.29, 0.717) is 22.6 Å². The topological polar surface area (TPSA) is 12.0 Å². The van der Waals surface area contributed by atoms with Crippen LogP contribution in [0.3, 0.4) is 0 Å². The molecule has 20 heavy (non-hydrogen) atoms. The molecule has 0 heterocycles. The average molecular weight is 296 g/mol. The van der Waals surface area contributed by atoms with Crippen LogP contribution in [0.4, 0.5) is 8.78 Å². The minimum Gasteiger partial charge on any atom is -0.313 e. The van der Waals surface area contributed by atoms with Crippen molar-refractivity contribution in [3.63, 3.8) is 0 Å². The maximum Gasteiger partial charge on any atom is 0.128 e. The molecular formula is C16H16ClF2N. The second kappa shape index (κ2) is 6.33. The summed E-state index contributed by atoms with van der Waals surface area (Å²) in [5.41, 5.74) is 1.66. The van der Waals surface area contributed by atoms with E-state index in [-0.39, 0.29) is 6.04 Å². The van der Waals surface area contributed by atoms with Gasteiger partial charge in [-0.2, -0.15) is 0 Å². The standard InChI is InChI=1S/C16H16ClF2N/c1-10-7-15(19)13(9-14(10)18)16(20-2)8-11-3-5-12(17)6-4-11/h3-7,9,16,20H,8H2,1-2H3. The molecule has 0 spiro atoms. The number of likely N-dealkylation sites (N-methyl/N-ethyl adjacent to an activating group) is 1. The van der Waals surface area contributed by atoms with Crippen molar-refractivity contribution in [1.82, 2.24) is 5.32 Å². The first-order valence-corrected chi connectivity index (χ1v) is 6.76. The van der Waals surface area contributed by atoms with Gasteiger partial charge in [0.1, 0.15) is 11.6 Å². The zero-order valence-corrected chi connectivity index (χ0v) is 12.1. The molecule has 0 aliphatic rings. The summed E-state index contributed by atoms with van der Waals surface area (Å²) >= 11 is 5.84. The fourth-order valence-electron chi connectivity index (χ4n) is 2.15. The number of halogens is 3. The number of rotatable bonds is 4. The highest BCUT2D eigenvalue weighted by Crippen LogP contribution is 2.24. The van der Waals surface area contributed by atoms with Gasteiger partial charge < -0.3 is 5.32 Å². The van der Waals surface area contributed by atoms with Crippen molar-refractivity contribution >= 4 is 11.6 Å².